The van der Waals surface area contributed by atoms with Crippen molar-refractivity contribution in [1.82, 2.24) is 5.32 Å². The van der Waals surface area contributed by atoms with E-state index < -0.39 is 59.9 Å². The Bertz CT molecular complexity index is 1190. The van der Waals surface area contributed by atoms with Gasteiger partial charge in [0.1, 0.15) is 24.4 Å². The van der Waals surface area contributed by atoms with Crippen LogP contribution in [0.5, 0.6) is 0 Å². The highest BCUT2D eigenvalue weighted by Gasteiger charge is 2.48. The maximum absolute atomic E-state index is 13.0. The first kappa shape index (κ1) is 60.9. The maximum Gasteiger partial charge on any atom is 0.397 e. The van der Waals surface area contributed by atoms with Crippen LogP contribution in [0.3, 0.4) is 0 Å². The van der Waals surface area contributed by atoms with Crippen LogP contribution in [-0.2, 0) is 28.9 Å². The summed E-state index contributed by atoms with van der Waals surface area (Å²) in [6.07, 6.45) is 40.0. The molecule has 380 valence electrons. The number of hydrogen-bond acceptors (Lipinski definition) is 10. The fourth-order valence-electron chi connectivity index (χ4n) is 8.69. The number of carbonyl (C=O) groups excluding carboxylic acids is 1. The second-order valence-corrected chi connectivity index (χ2v) is 19.9. The van der Waals surface area contributed by atoms with Gasteiger partial charge in [0.05, 0.1) is 25.4 Å². The molecular formula is C51H99NO11S. The van der Waals surface area contributed by atoms with Gasteiger partial charge in [0.2, 0.25) is 5.91 Å². The fourth-order valence-corrected chi connectivity index (χ4v) is 9.20. The lowest BCUT2D eigenvalue weighted by Crippen LogP contribution is -2.61. The Morgan fingerprint density at radius 1 is 0.609 bits per heavy atom. The topological polar surface area (TPSA) is 192 Å². The van der Waals surface area contributed by atoms with Crippen molar-refractivity contribution >= 4 is 16.3 Å². The first-order chi connectivity index (χ1) is 31.0. The summed E-state index contributed by atoms with van der Waals surface area (Å²) < 4.78 is 47.6. The lowest BCUT2D eigenvalue weighted by molar-refractivity contribution is -0.298. The van der Waals surface area contributed by atoms with E-state index in [9.17, 15) is 38.2 Å². The number of carbonyl (C=O) groups is 1. The quantitative estimate of drug-likeness (QED) is 0.0193. The van der Waals surface area contributed by atoms with Gasteiger partial charge in [-0.1, -0.05) is 238 Å². The predicted octanol–water partition coefficient (Wildman–Crippen LogP) is 11.5. The summed E-state index contributed by atoms with van der Waals surface area (Å²) in [6, 6.07) is -0.938. The van der Waals surface area contributed by atoms with Crippen LogP contribution >= 0.6 is 0 Å². The van der Waals surface area contributed by atoms with Crippen LogP contribution in [0.1, 0.15) is 251 Å². The van der Waals surface area contributed by atoms with Crippen LogP contribution in [0.2, 0.25) is 0 Å². The molecule has 0 aliphatic carbocycles. The van der Waals surface area contributed by atoms with Gasteiger partial charge in [0, 0.05) is 6.42 Å². The first-order valence-corrected chi connectivity index (χ1v) is 27.9. The number of allylic oxidation sites excluding steroid dienone is 1. The lowest BCUT2D eigenvalue weighted by Gasteiger charge is -2.41. The van der Waals surface area contributed by atoms with Crippen molar-refractivity contribution in [3.63, 3.8) is 0 Å². The highest BCUT2D eigenvalue weighted by molar-refractivity contribution is 7.80. The van der Waals surface area contributed by atoms with Crippen molar-refractivity contribution in [3.05, 3.63) is 12.2 Å². The minimum Gasteiger partial charge on any atom is -0.394 e. The monoisotopic (exact) mass is 934 g/mol. The van der Waals surface area contributed by atoms with E-state index in [0.717, 1.165) is 38.5 Å². The summed E-state index contributed by atoms with van der Waals surface area (Å²) in [5, 5.41) is 44.7. The van der Waals surface area contributed by atoms with Gasteiger partial charge >= 0.3 is 10.4 Å². The number of nitrogens with one attached hydrogen (secondary N) is 1. The van der Waals surface area contributed by atoms with Crippen LogP contribution < -0.4 is 5.32 Å². The summed E-state index contributed by atoms with van der Waals surface area (Å²) in [5.41, 5.74) is 0. The molecule has 1 aliphatic heterocycles. The Hall–Kier alpha value is -1.16. The average molecular weight is 934 g/mol. The standard InChI is InChI=1S/C51H99NO11S/c1-3-5-7-9-11-13-15-16-17-18-19-20-21-22-23-24-25-26-27-28-29-30-31-33-35-37-39-41-47(55)52-44(45(54)40-38-36-34-32-14-12-10-8-6-4-2)43-61-51-49(57)50(63-64(58,59)60)48(56)46(42-53)62-51/h38,40,44-46,48-51,53-54,56-57H,3-37,39,41-43H2,1-2H3,(H,52,55)(H,58,59,60)/b40-38+. The number of hydrogen-bond donors (Lipinski definition) is 6. The molecule has 0 aromatic heterocycles. The van der Waals surface area contributed by atoms with Crippen molar-refractivity contribution in [1.29, 1.82) is 0 Å². The van der Waals surface area contributed by atoms with Gasteiger partial charge in [-0.2, -0.15) is 8.42 Å². The van der Waals surface area contributed by atoms with E-state index in [0.29, 0.717) is 6.42 Å². The molecule has 0 aromatic carbocycles. The van der Waals surface area contributed by atoms with E-state index in [1.54, 1.807) is 6.08 Å². The molecule has 1 saturated heterocycles. The van der Waals surface area contributed by atoms with Gasteiger partial charge < -0.3 is 35.2 Å². The maximum atomic E-state index is 13.0. The third kappa shape index (κ3) is 34.2. The first-order valence-electron chi connectivity index (χ1n) is 26.6. The second-order valence-electron chi connectivity index (χ2n) is 18.8. The number of aliphatic hydroxyl groups is 4. The Kier molecular flexibility index (Phi) is 39.9. The largest absolute Gasteiger partial charge is 0.397 e. The van der Waals surface area contributed by atoms with Crippen LogP contribution in [0.15, 0.2) is 12.2 Å². The molecule has 12 nitrogen and oxygen atoms in total. The van der Waals surface area contributed by atoms with Gasteiger partial charge in [-0.05, 0) is 19.3 Å². The Morgan fingerprint density at radius 3 is 1.36 bits per heavy atom. The summed E-state index contributed by atoms with van der Waals surface area (Å²) >= 11 is 0. The number of rotatable bonds is 46. The van der Waals surface area contributed by atoms with Gasteiger partial charge in [-0.3, -0.25) is 9.35 Å². The number of ether oxygens (including phenoxy) is 2. The number of amides is 1. The third-order valence-corrected chi connectivity index (χ3v) is 13.3. The van der Waals surface area contributed by atoms with Gasteiger partial charge in [0.15, 0.2) is 6.29 Å². The smallest absolute Gasteiger partial charge is 0.394 e. The molecule has 64 heavy (non-hydrogen) atoms. The van der Waals surface area contributed by atoms with E-state index in [4.69, 9.17) is 9.47 Å². The van der Waals surface area contributed by atoms with Crippen molar-refractivity contribution in [2.75, 3.05) is 13.2 Å². The minimum absolute atomic E-state index is 0.259. The molecule has 0 saturated carbocycles. The molecule has 7 unspecified atom stereocenters. The van der Waals surface area contributed by atoms with Crippen LogP contribution in [0.4, 0.5) is 0 Å². The van der Waals surface area contributed by atoms with E-state index in [-0.39, 0.29) is 18.9 Å². The summed E-state index contributed by atoms with van der Waals surface area (Å²) in [5.74, 6) is -0.259. The zero-order valence-electron chi connectivity index (χ0n) is 40.9. The van der Waals surface area contributed by atoms with E-state index in [1.165, 1.54) is 186 Å². The molecule has 0 aromatic rings. The van der Waals surface area contributed by atoms with E-state index in [1.807, 2.05) is 6.08 Å². The summed E-state index contributed by atoms with van der Waals surface area (Å²) in [6.45, 7) is 3.39. The molecule has 1 heterocycles. The zero-order chi connectivity index (χ0) is 46.9. The Morgan fingerprint density at radius 2 is 0.984 bits per heavy atom. The molecule has 1 amide bonds. The predicted molar refractivity (Wildman–Crippen MR) is 259 cm³/mol. The molecule has 0 radical (unpaired) electrons. The molecule has 1 rings (SSSR count). The molecule has 6 N–H and O–H groups in total. The molecule has 1 fully saturated rings. The molecule has 13 heteroatoms. The van der Waals surface area contributed by atoms with Gasteiger partial charge in [-0.25, -0.2) is 4.18 Å². The summed E-state index contributed by atoms with van der Waals surface area (Å²) in [7, 11) is -5.08. The van der Waals surface area contributed by atoms with Gasteiger partial charge in [-0.15, -0.1) is 0 Å². The SMILES string of the molecule is CCCCCCCCCC/C=C/C(O)C(COC1OC(CO)C(O)C(OS(=O)(=O)O)C1O)NC(=O)CCCCCCCCCCCCCCCCCCCCCCCCCCCCC. The van der Waals surface area contributed by atoms with Crippen molar-refractivity contribution < 1.29 is 51.8 Å². The molecule has 0 bridgehead atoms. The molecule has 7 atom stereocenters. The highest BCUT2D eigenvalue weighted by Crippen LogP contribution is 2.26. The van der Waals surface area contributed by atoms with E-state index >= 15 is 0 Å². The minimum atomic E-state index is -5.08. The normalized spacial score (nSPS) is 20.3. The van der Waals surface area contributed by atoms with Crippen LogP contribution in [-0.4, -0.2) is 95.4 Å². The Labute approximate surface area is 391 Å². The van der Waals surface area contributed by atoms with Gasteiger partial charge in [0.25, 0.3) is 0 Å². The fraction of sp³-hybridized carbons (Fsp3) is 0.941. The number of aliphatic hydroxyl groups excluding tert-OH is 4. The van der Waals surface area contributed by atoms with Crippen molar-refractivity contribution in [2.24, 2.45) is 0 Å². The molecular weight excluding hydrogens is 835 g/mol. The highest BCUT2D eigenvalue weighted by atomic mass is 32.3. The average Bonchev–Trinajstić information content (AvgIpc) is 3.27. The lowest BCUT2D eigenvalue weighted by atomic mass is 9.99. The third-order valence-electron chi connectivity index (χ3n) is 12.8. The molecule has 0 spiro atoms. The summed E-state index contributed by atoms with van der Waals surface area (Å²) in [4.78, 5) is 13.0. The second kappa shape index (κ2) is 42.0. The number of unbranched alkanes of at least 4 members (excludes halogenated alkanes) is 34. The molecule has 1 aliphatic rings. The van der Waals surface area contributed by atoms with Crippen LogP contribution in [0.25, 0.3) is 0 Å². The van der Waals surface area contributed by atoms with Crippen molar-refractivity contribution in [3.8, 4) is 0 Å². The Balaban J connectivity index is 2.27. The van der Waals surface area contributed by atoms with Crippen LogP contribution in [0, 0.1) is 0 Å². The zero-order valence-corrected chi connectivity index (χ0v) is 41.7. The van der Waals surface area contributed by atoms with E-state index in [2.05, 4.69) is 23.3 Å². The van der Waals surface area contributed by atoms with Crippen molar-refractivity contribution in [2.45, 2.75) is 294 Å².